The molecular formula is C35H63NO13. The first kappa shape index (κ1) is 45.1. The van der Waals surface area contributed by atoms with Crippen molar-refractivity contribution in [2.45, 2.75) is 26.9 Å². The summed E-state index contributed by atoms with van der Waals surface area (Å²) in [6, 6.07) is 9.51. The minimum Gasteiger partial charge on any atom is -0.445 e. The van der Waals surface area contributed by atoms with Crippen LogP contribution >= 0.6 is 0 Å². The molecule has 0 fully saturated rings. The maximum Gasteiger partial charge on any atom is 0.407 e. The Hall–Kier alpha value is -1.95. The lowest BCUT2D eigenvalue weighted by atomic mass is 10.1. The lowest BCUT2D eigenvalue weighted by Gasteiger charge is -2.10. The molecule has 1 amide bonds. The van der Waals surface area contributed by atoms with E-state index in [1.54, 1.807) is 0 Å². The van der Waals surface area contributed by atoms with Crippen LogP contribution < -0.4 is 5.32 Å². The number of rotatable bonds is 38. The zero-order valence-electron chi connectivity index (χ0n) is 29.9. The van der Waals surface area contributed by atoms with E-state index in [4.69, 9.17) is 56.8 Å². The van der Waals surface area contributed by atoms with Crippen molar-refractivity contribution >= 4 is 6.09 Å². The topological polar surface area (TPSA) is 140 Å². The fraction of sp³-hybridized carbons (Fsp3) is 0.800. The van der Waals surface area contributed by atoms with E-state index in [2.05, 4.69) is 19.2 Å². The van der Waals surface area contributed by atoms with Gasteiger partial charge in [0.15, 0.2) is 0 Å². The van der Waals surface area contributed by atoms with Crippen molar-refractivity contribution in [1.82, 2.24) is 5.32 Å². The van der Waals surface area contributed by atoms with Gasteiger partial charge >= 0.3 is 6.09 Å². The van der Waals surface area contributed by atoms with Gasteiger partial charge in [0, 0.05) is 13.2 Å². The Bertz CT molecular complexity index is 809. The van der Waals surface area contributed by atoms with E-state index >= 15 is 0 Å². The number of benzene rings is 1. The minimum atomic E-state index is -0.468. The first-order chi connectivity index (χ1) is 24.2. The predicted octanol–water partition coefficient (Wildman–Crippen LogP) is 3.14. The Kier molecular flexibility index (Phi) is 34.3. The second-order valence-corrected chi connectivity index (χ2v) is 10.7. The normalized spacial score (nSPS) is 12.0. The summed E-state index contributed by atoms with van der Waals surface area (Å²) in [7, 11) is 0. The average Bonchev–Trinajstić information content (AvgIpc) is 3.12. The van der Waals surface area contributed by atoms with Crippen molar-refractivity contribution < 1.29 is 61.6 Å². The van der Waals surface area contributed by atoms with Crippen LogP contribution in [0.15, 0.2) is 30.3 Å². The monoisotopic (exact) mass is 705 g/mol. The summed E-state index contributed by atoms with van der Waals surface area (Å²) in [6.45, 7) is 16.3. The van der Waals surface area contributed by atoms with Gasteiger partial charge in [-0.1, -0.05) is 50.6 Å². The summed E-state index contributed by atoms with van der Waals surface area (Å²) in [4.78, 5) is 11.6. The van der Waals surface area contributed by atoms with Gasteiger partial charge in [-0.05, 0) is 11.5 Å². The van der Waals surface area contributed by atoms with E-state index < -0.39 is 6.09 Å². The van der Waals surface area contributed by atoms with Crippen molar-refractivity contribution in [2.24, 2.45) is 5.92 Å². The fourth-order valence-electron chi connectivity index (χ4n) is 3.60. The molecule has 1 unspecified atom stereocenters. The minimum absolute atomic E-state index is 0.238. The molecule has 1 aromatic rings. The number of nitrogens with one attached hydrogen (secondary N) is 1. The summed E-state index contributed by atoms with van der Waals surface area (Å²) >= 11 is 0. The van der Waals surface area contributed by atoms with Crippen LogP contribution in [0.3, 0.4) is 0 Å². The van der Waals surface area contributed by atoms with Gasteiger partial charge in [-0.15, -0.1) is 0 Å². The van der Waals surface area contributed by atoms with Crippen molar-refractivity contribution in [3.05, 3.63) is 35.9 Å². The van der Waals surface area contributed by atoms with E-state index in [0.29, 0.717) is 151 Å². The molecule has 14 heteroatoms. The highest BCUT2D eigenvalue weighted by atomic mass is 16.6. The Morgan fingerprint density at radius 3 is 1.18 bits per heavy atom. The molecule has 286 valence electrons. The molecule has 1 atom stereocenters. The molecule has 0 aliphatic rings. The number of carbonyl (C=O) groups is 1. The third-order valence-corrected chi connectivity index (χ3v) is 6.55. The predicted molar refractivity (Wildman–Crippen MR) is 183 cm³/mol. The van der Waals surface area contributed by atoms with Crippen LogP contribution in [0.4, 0.5) is 4.79 Å². The molecule has 0 bridgehead atoms. The largest absolute Gasteiger partial charge is 0.445 e. The van der Waals surface area contributed by atoms with Crippen LogP contribution in [0, 0.1) is 5.92 Å². The van der Waals surface area contributed by atoms with Crippen LogP contribution in [0.5, 0.6) is 0 Å². The molecule has 0 aliphatic carbocycles. The Morgan fingerprint density at radius 1 is 0.510 bits per heavy atom. The zero-order valence-corrected chi connectivity index (χ0v) is 29.9. The number of ether oxygens (including phenoxy) is 12. The van der Waals surface area contributed by atoms with Crippen molar-refractivity contribution in [3.63, 3.8) is 0 Å². The summed E-state index contributed by atoms with van der Waals surface area (Å²) in [5.74, 6) is 0.593. The number of alkyl carbamates (subject to hydrolysis) is 1. The molecule has 0 spiro atoms. The molecule has 0 aliphatic heterocycles. The molecular weight excluding hydrogens is 642 g/mol. The SMILES string of the molecule is CCC(C)COCCOCCOCCOCCOCCOCCOCCOCCOCCOCCOCCNC(=O)OCc1ccccc1. The highest BCUT2D eigenvalue weighted by molar-refractivity contribution is 5.67. The van der Waals surface area contributed by atoms with Gasteiger partial charge in [0.2, 0.25) is 0 Å². The van der Waals surface area contributed by atoms with E-state index in [0.717, 1.165) is 18.6 Å². The average molecular weight is 706 g/mol. The number of hydrogen-bond donors (Lipinski definition) is 1. The molecule has 0 heterocycles. The Balaban J connectivity index is 1.63. The standard InChI is InChI=1S/C35H63NO13/c1-3-33(2)31-48-30-29-47-28-27-46-26-25-45-24-23-44-22-21-43-20-19-42-18-17-41-16-15-40-14-13-39-12-11-38-10-9-36-35(37)49-32-34-7-5-4-6-8-34/h4-8,33H,3,9-32H2,1-2H3,(H,36,37). The lowest BCUT2D eigenvalue weighted by molar-refractivity contribution is -0.0278. The molecule has 0 radical (unpaired) electrons. The molecule has 1 N–H and O–H groups in total. The lowest BCUT2D eigenvalue weighted by Crippen LogP contribution is -2.28. The van der Waals surface area contributed by atoms with Crippen LogP contribution in [0.25, 0.3) is 0 Å². The maximum absolute atomic E-state index is 11.6. The molecule has 0 aromatic heterocycles. The van der Waals surface area contributed by atoms with Gasteiger partial charge in [-0.25, -0.2) is 4.79 Å². The first-order valence-electron chi connectivity index (χ1n) is 17.5. The molecule has 1 aromatic carbocycles. The zero-order chi connectivity index (χ0) is 35.1. The summed E-state index contributed by atoms with van der Waals surface area (Å²) in [5, 5.41) is 2.64. The van der Waals surface area contributed by atoms with Crippen LogP contribution in [-0.2, 0) is 63.4 Å². The van der Waals surface area contributed by atoms with E-state index in [-0.39, 0.29) is 6.61 Å². The number of hydrogen-bond acceptors (Lipinski definition) is 13. The summed E-state index contributed by atoms with van der Waals surface area (Å²) < 4.78 is 65.4. The molecule has 49 heavy (non-hydrogen) atoms. The van der Waals surface area contributed by atoms with Gasteiger partial charge in [0.25, 0.3) is 0 Å². The first-order valence-corrected chi connectivity index (χ1v) is 17.5. The Morgan fingerprint density at radius 2 is 0.837 bits per heavy atom. The van der Waals surface area contributed by atoms with Gasteiger partial charge < -0.3 is 62.2 Å². The van der Waals surface area contributed by atoms with Crippen molar-refractivity contribution in [2.75, 3.05) is 152 Å². The second-order valence-electron chi connectivity index (χ2n) is 10.7. The summed E-state index contributed by atoms with van der Waals surface area (Å²) in [6.07, 6.45) is 0.661. The maximum atomic E-state index is 11.6. The van der Waals surface area contributed by atoms with Crippen molar-refractivity contribution in [3.8, 4) is 0 Å². The third kappa shape index (κ3) is 34.3. The molecule has 0 saturated carbocycles. The van der Waals surface area contributed by atoms with E-state index in [1.807, 2.05) is 30.3 Å². The number of carbonyl (C=O) groups excluding carboxylic acids is 1. The molecule has 1 rings (SSSR count). The van der Waals surface area contributed by atoms with E-state index in [9.17, 15) is 4.79 Å². The van der Waals surface area contributed by atoms with Crippen LogP contribution in [0.1, 0.15) is 25.8 Å². The van der Waals surface area contributed by atoms with E-state index in [1.165, 1.54) is 0 Å². The highest BCUT2D eigenvalue weighted by Gasteiger charge is 2.02. The highest BCUT2D eigenvalue weighted by Crippen LogP contribution is 2.01. The van der Waals surface area contributed by atoms with Crippen LogP contribution in [0.2, 0.25) is 0 Å². The second kappa shape index (κ2) is 37.3. The van der Waals surface area contributed by atoms with Crippen LogP contribution in [-0.4, -0.2) is 158 Å². The van der Waals surface area contributed by atoms with Gasteiger partial charge in [-0.2, -0.15) is 0 Å². The summed E-state index contributed by atoms with van der Waals surface area (Å²) in [5.41, 5.74) is 0.938. The smallest absolute Gasteiger partial charge is 0.407 e. The number of amides is 1. The van der Waals surface area contributed by atoms with Crippen molar-refractivity contribution in [1.29, 1.82) is 0 Å². The van der Waals surface area contributed by atoms with Gasteiger partial charge in [-0.3, -0.25) is 0 Å². The van der Waals surface area contributed by atoms with Gasteiger partial charge in [0.1, 0.15) is 6.61 Å². The molecule has 0 saturated heterocycles. The molecule has 14 nitrogen and oxygen atoms in total. The Labute approximate surface area is 293 Å². The third-order valence-electron chi connectivity index (χ3n) is 6.55. The van der Waals surface area contributed by atoms with Gasteiger partial charge in [0.05, 0.1) is 139 Å². The quantitative estimate of drug-likeness (QED) is 0.101. The fourth-order valence-corrected chi connectivity index (χ4v) is 3.60.